The van der Waals surface area contributed by atoms with Crippen LogP contribution in [0.15, 0.2) is 12.1 Å². The van der Waals surface area contributed by atoms with Crippen molar-refractivity contribution in [2.75, 3.05) is 5.73 Å². The van der Waals surface area contributed by atoms with Crippen LogP contribution in [-0.4, -0.2) is 4.98 Å². The van der Waals surface area contributed by atoms with E-state index in [2.05, 4.69) is 27.6 Å². The van der Waals surface area contributed by atoms with Gasteiger partial charge in [0.1, 0.15) is 0 Å². The molecule has 0 aliphatic rings. The first-order chi connectivity index (χ1) is 7.00. The SMILES string of the molecule is Cc1cc(Cl)c2nc(C)c(I)c(N)c2c1. The van der Waals surface area contributed by atoms with Gasteiger partial charge in [-0.15, -0.1) is 0 Å². The van der Waals surface area contributed by atoms with E-state index in [1.54, 1.807) is 0 Å². The molecule has 0 spiro atoms. The molecule has 0 bridgehead atoms. The highest BCUT2D eigenvalue weighted by atomic mass is 127. The second-order valence-corrected chi connectivity index (χ2v) is 5.05. The van der Waals surface area contributed by atoms with E-state index in [1.807, 2.05) is 26.0 Å². The lowest BCUT2D eigenvalue weighted by atomic mass is 10.1. The molecule has 2 nitrogen and oxygen atoms in total. The molecular formula is C11H10ClIN2. The molecule has 0 saturated heterocycles. The number of anilines is 1. The van der Waals surface area contributed by atoms with Crippen LogP contribution < -0.4 is 5.73 Å². The molecule has 15 heavy (non-hydrogen) atoms. The van der Waals surface area contributed by atoms with Gasteiger partial charge in [0, 0.05) is 5.39 Å². The topological polar surface area (TPSA) is 38.9 Å². The Labute approximate surface area is 107 Å². The van der Waals surface area contributed by atoms with Crippen LogP contribution in [0, 0.1) is 17.4 Å². The molecule has 2 rings (SSSR count). The summed E-state index contributed by atoms with van der Waals surface area (Å²) in [5.74, 6) is 0. The highest BCUT2D eigenvalue weighted by Crippen LogP contribution is 2.31. The number of hydrogen-bond acceptors (Lipinski definition) is 2. The molecule has 0 fully saturated rings. The first-order valence-electron chi connectivity index (χ1n) is 4.52. The van der Waals surface area contributed by atoms with Crippen molar-refractivity contribution in [2.24, 2.45) is 0 Å². The normalized spacial score (nSPS) is 10.9. The third kappa shape index (κ3) is 1.78. The zero-order valence-electron chi connectivity index (χ0n) is 8.44. The quantitative estimate of drug-likeness (QED) is 0.747. The van der Waals surface area contributed by atoms with Crippen molar-refractivity contribution in [3.8, 4) is 0 Å². The van der Waals surface area contributed by atoms with Gasteiger partial charge in [-0.2, -0.15) is 0 Å². The fourth-order valence-electron chi connectivity index (χ4n) is 1.58. The van der Waals surface area contributed by atoms with Crippen molar-refractivity contribution in [2.45, 2.75) is 13.8 Å². The van der Waals surface area contributed by atoms with E-state index < -0.39 is 0 Å². The maximum absolute atomic E-state index is 6.14. The number of pyridine rings is 1. The van der Waals surface area contributed by atoms with Gasteiger partial charge in [-0.1, -0.05) is 11.6 Å². The third-order valence-corrected chi connectivity index (χ3v) is 3.98. The Balaban J connectivity index is 2.98. The van der Waals surface area contributed by atoms with Crippen molar-refractivity contribution in [1.82, 2.24) is 4.98 Å². The first kappa shape index (κ1) is 11.0. The number of rotatable bonds is 0. The average molecular weight is 333 g/mol. The maximum atomic E-state index is 6.14. The Morgan fingerprint density at radius 2 is 2.00 bits per heavy atom. The van der Waals surface area contributed by atoms with E-state index in [1.165, 1.54) is 0 Å². The lowest BCUT2D eigenvalue weighted by Crippen LogP contribution is -1.98. The average Bonchev–Trinajstić information content (AvgIpc) is 2.17. The van der Waals surface area contributed by atoms with Crippen molar-refractivity contribution < 1.29 is 0 Å². The van der Waals surface area contributed by atoms with Crippen molar-refractivity contribution >= 4 is 50.8 Å². The minimum atomic E-state index is 0.663. The second kappa shape index (κ2) is 3.79. The molecular weight excluding hydrogens is 322 g/mol. The minimum Gasteiger partial charge on any atom is -0.397 e. The van der Waals surface area contributed by atoms with Crippen LogP contribution in [0.3, 0.4) is 0 Å². The van der Waals surface area contributed by atoms with E-state index >= 15 is 0 Å². The number of fused-ring (bicyclic) bond motifs is 1. The number of hydrogen-bond donors (Lipinski definition) is 1. The van der Waals surface area contributed by atoms with Crippen LogP contribution in [0.4, 0.5) is 5.69 Å². The molecule has 1 aromatic heterocycles. The van der Waals surface area contributed by atoms with Gasteiger partial charge in [0.15, 0.2) is 0 Å². The molecule has 0 amide bonds. The summed E-state index contributed by atoms with van der Waals surface area (Å²) in [6, 6.07) is 3.92. The molecule has 0 aliphatic carbocycles. The second-order valence-electron chi connectivity index (χ2n) is 3.57. The zero-order valence-corrected chi connectivity index (χ0v) is 11.3. The summed E-state index contributed by atoms with van der Waals surface area (Å²) < 4.78 is 1.00. The molecule has 0 radical (unpaired) electrons. The van der Waals surface area contributed by atoms with Gasteiger partial charge in [0.25, 0.3) is 0 Å². The molecule has 78 valence electrons. The smallest absolute Gasteiger partial charge is 0.0913 e. The van der Waals surface area contributed by atoms with Crippen molar-refractivity contribution in [1.29, 1.82) is 0 Å². The van der Waals surface area contributed by atoms with Gasteiger partial charge in [0.2, 0.25) is 0 Å². The van der Waals surface area contributed by atoms with Crippen LogP contribution in [0.25, 0.3) is 10.9 Å². The number of nitrogens with two attached hydrogens (primary N) is 1. The Hall–Kier alpha value is -0.550. The van der Waals surface area contributed by atoms with Crippen LogP contribution in [0.5, 0.6) is 0 Å². The number of aryl methyl sites for hydroxylation is 2. The standard InChI is InChI=1S/C11H10ClIN2/c1-5-3-7-10(14)9(13)6(2)15-11(7)8(12)4-5/h3-4H,1-2H3,(H2,14,15). The highest BCUT2D eigenvalue weighted by Gasteiger charge is 2.10. The van der Waals surface area contributed by atoms with Crippen LogP contribution in [0.2, 0.25) is 5.02 Å². The molecule has 0 unspecified atom stereocenters. The van der Waals surface area contributed by atoms with Gasteiger partial charge in [-0.3, -0.25) is 4.98 Å². The maximum Gasteiger partial charge on any atom is 0.0913 e. The summed E-state index contributed by atoms with van der Waals surface area (Å²) in [6.07, 6.45) is 0. The van der Waals surface area contributed by atoms with E-state index in [4.69, 9.17) is 17.3 Å². The van der Waals surface area contributed by atoms with Gasteiger partial charge in [0.05, 0.1) is 25.5 Å². The number of aromatic nitrogens is 1. The van der Waals surface area contributed by atoms with Crippen LogP contribution in [0.1, 0.15) is 11.3 Å². The molecule has 0 atom stereocenters. The first-order valence-corrected chi connectivity index (χ1v) is 5.98. The van der Waals surface area contributed by atoms with Gasteiger partial charge in [-0.05, 0) is 54.1 Å². The van der Waals surface area contributed by atoms with Gasteiger partial charge in [-0.25, -0.2) is 0 Å². The summed E-state index contributed by atoms with van der Waals surface area (Å²) in [5, 5.41) is 1.60. The van der Waals surface area contributed by atoms with Crippen LogP contribution in [-0.2, 0) is 0 Å². The Morgan fingerprint density at radius 1 is 1.33 bits per heavy atom. The largest absolute Gasteiger partial charge is 0.397 e. The molecule has 4 heteroatoms. The molecule has 2 N–H and O–H groups in total. The minimum absolute atomic E-state index is 0.663. The predicted molar refractivity (Wildman–Crippen MR) is 73.4 cm³/mol. The summed E-state index contributed by atoms with van der Waals surface area (Å²) in [5.41, 5.74) is 9.63. The lowest BCUT2D eigenvalue weighted by Gasteiger charge is -2.09. The van der Waals surface area contributed by atoms with Gasteiger partial charge >= 0.3 is 0 Å². The molecule has 0 saturated carbocycles. The monoisotopic (exact) mass is 332 g/mol. The van der Waals surface area contributed by atoms with E-state index in [9.17, 15) is 0 Å². The molecule has 2 aromatic rings. The third-order valence-electron chi connectivity index (χ3n) is 2.33. The van der Waals surface area contributed by atoms with Crippen molar-refractivity contribution in [3.63, 3.8) is 0 Å². The summed E-state index contributed by atoms with van der Waals surface area (Å²) in [7, 11) is 0. The summed E-state index contributed by atoms with van der Waals surface area (Å²) in [6.45, 7) is 3.94. The fraction of sp³-hybridized carbons (Fsp3) is 0.182. The summed E-state index contributed by atoms with van der Waals surface area (Å²) in [4.78, 5) is 4.46. The van der Waals surface area contributed by atoms with Gasteiger partial charge < -0.3 is 5.73 Å². The fourth-order valence-corrected chi connectivity index (χ4v) is 2.31. The Kier molecular flexibility index (Phi) is 2.77. The van der Waals surface area contributed by atoms with Crippen molar-refractivity contribution in [3.05, 3.63) is 32.0 Å². The Morgan fingerprint density at radius 3 is 2.67 bits per heavy atom. The number of nitrogen functional groups attached to an aromatic ring is 1. The molecule has 1 heterocycles. The molecule has 0 aliphatic heterocycles. The molecule has 1 aromatic carbocycles. The highest BCUT2D eigenvalue weighted by molar-refractivity contribution is 14.1. The predicted octanol–water partition coefficient (Wildman–Crippen LogP) is 3.69. The number of halogens is 2. The zero-order chi connectivity index (χ0) is 11.2. The Bertz CT molecular complexity index is 552. The summed E-state index contributed by atoms with van der Waals surface area (Å²) >= 11 is 8.35. The van der Waals surface area contributed by atoms with Crippen LogP contribution >= 0.6 is 34.2 Å². The van der Waals surface area contributed by atoms with E-state index in [0.29, 0.717) is 5.02 Å². The van der Waals surface area contributed by atoms with E-state index in [0.717, 1.165) is 31.4 Å². The van der Waals surface area contributed by atoms with E-state index in [-0.39, 0.29) is 0 Å². The number of nitrogens with zero attached hydrogens (tertiary/aromatic N) is 1. The number of benzene rings is 1. The lowest BCUT2D eigenvalue weighted by molar-refractivity contribution is 1.23.